The van der Waals surface area contributed by atoms with Crippen molar-refractivity contribution in [2.24, 2.45) is 0 Å². The van der Waals surface area contributed by atoms with Gasteiger partial charge in [-0.15, -0.1) is 0 Å². The summed E-state index contributed by atoms with van der Waals surface area (Å²) >= 11 is 3.41. The Morgan fingerprint density at radius 2 is 2.22 bits per heavy atom. The summed E-state index contributed by atoms with van der Waals surface area (Å²) in [6.07, 6.45) is 5.88. The fraction of sp³-hybridized carbons (Fsp3) is 0.389. The number of fused-ring (bicyclic) bond motifs is 1. The Hall–Kier alpha value is -2.10. The number of rotatable bonds is 5. The average molecular weight is 435 g/mol. The molecule has 4 rings (SSSR count). The summed E-state index contributed by atoms with van der Waals surface area (Å²) in [5, 5.41) is 0.879. The van der Waals surface area contributed by atoms with Crippen LogP contribution in [-0.2, 0) is 4.74 Å². The number of anilines is 1. The number of nitrogens with two attached hydrogens (primary N) is 1. The topological polar surface area (TPSA) is 82.1 Å². The van der Waals surface area contributed by atoms with Crippen molar-refractivity contribution in [3.8, 4) is 11.3 Å². The predicted molar refractivity (Wildman–Crippen MR) is 105 cm³/mol. The van der Waals surface area contributed by atoms with Gasteiger partial charge in [-0.1, -0.05) is 0 Å². The van der Waals surface area contributed by atoms with Crippen LogP contribution in [0.25, 0.3) is 22.2 Å². The SMILES string of the molecule is COCCN1CCC(n2cc(-c3nc(N)ncc3F)c3cc(Br)ncc32)C1. The van der Waals surface area contributed by atoms with Gasteiger partial charge in [0.1, 0.15) is 10.3 Å². The third-order valence-electron chi connectivity index (χ3n) is 4.96. The Kier molecular flexibility index (Phi) is 5.07. The van der Waals surface area contributed by atoms with Gasteiger partial charge in [0.25, 0.3) is 0 Å². The molecule has 2 N–H and O–H groups in total. The number of nitrogens with zero attached hydrogens (tertiary/aromatic N) is 5. The van der Waals surface area contributed by atoms with Crippen LogP contribution in [0.1, 0.15) is 12.5 Å². The molecule has 0 saturated carbocycles. The quantitative estimate of drug-likeness (QED) is 0.621. The van der Waals surface area contributed by atoms with E-state index in [1.807, 2.05) is 18.5 Å². The molecule has 1 fully saturated rings. The molecule has 3 aromatic heterocycles. The summed E-state index contributed by atoms with van der Waals surface area (Å²) in [6.45, 7) is 3.53. The van der Waals surface area contributed by atoms with E-state index in [9.17, 15) is 4.39 Å². The van der Waals surface area contributed by atoms with Crippen molar-refractivity contribution in [1.29, 1.82) is 0 Å². The number of ether oxygens (including phenoxy) is 1. The molecule has 0 bridgehead atoms. The Balaban J connectivity index is 1.78. The largest absolute Gasteiger partial charge is 0.383 e. The molecule has 0 amide bonds. The molecule has 7 nitrogen and oxygen atoms in total. The van der Waals surface area contributed by atoms with Gasteiger partial charge in [-0.05, 0) is 28.4 Å². The fourth-order valence-corrected chi connectivity index (χ4v) is 3.98. The number of pyridine rings is 1. The third kappa shape index (κ3) is 3.54. The predicted octanol–water partition coefficient (Wildman–Crippen LogP) is 2.87. The second kappa shape index (κ2) is 7.49. The number of nitrogen functional groups attached to an aromatic ring is 1. The van der Waals surface area contributed by atoms with E-state index in [0.29, 0.717) is 16.8 Å². The first-order valence-electron chi connectivity index (χ1n) is 8.72. The van der Waals surface area contributed by atoms with E-state index in [0.717, 1.165) is 43.2 Å². The zero-order valence-corrected chi connectivity index (χ0v) is 16.5. The lowest BCUT2D eigenvalue weighted by Crippen LogP contribution is -2.25. The molecule has 1 aliphatic heterocycles. The summed E-state index contributed by atoms with van der Waals surface area (Å²) < 4.78 is 22.5. The Bertz CT molecular complexity index is 978. The molecule has 0 aliphatic carbocycles. The van der Waals surface area contributed by atoms with E-state index >= 15 is 0 Å². The van der Waals surface area contributed by atoms with Crippen LogP contribution >= 0.6 is 15.9 Å². The maximum Gasteiger partial charge on any atom is 0.220 e. The van der Waals surface area contributed by atoms with Crippen molar-refractivity contribution in [2.45, 2.75) is 12.5 Å². The lowest BCUT2D eigenvalue weighted by Gasteiger charge is -2.17. The zero-order valence-electron chi connectivity index (χ0n) is 14.9. The van der Waals surface area contributed by atoms with Gasteiger partial charge in [-0.2, -0.15) is 0 Å². The highest BCUT2D eigenvalue weighted by molar-refractivity contribution is 9.10. The van der Waals surface area contributed by atoms with Crippen LogP contribution < -0.4 is 5.73 Å². The molecular formula is C18H20BrFN6O. The number of methoxy groups -OCH3 is 1. The third-order valence-corrected chi connectivity index (χ3v) is 5.39. The average Bonchev–Trinajstić information content (AvgIpc) is 3.26. The highest BCUT2D eigenvalue weighted by Crippen LogP contribution is 2.36. The number of hydrogen-bond acceptors (Lipinski definition) is 6. The van der Waals surface area contributed by atoms with Crippen LogP contribution in [0.3, 0.4) is 0 Å². The van der Waals surface area contributed by atoms with Crippen LogP contribution in [0.15, 0.2) is 29.3 Å². The summed E-state index contributed by atoms with van der Waals surface area (Å²) in [5.41, 5.74) is 7.54. The van der Waals surface area contributed by atoms with Crippen LogP contribution in [0.2, 0.25) is 0 Å². The first-order valence-corrected chi connectivity index (χ1v) is 9.52. The van der Waals surface area contributed by atoms with Gasteiger partial charge in [-0.25, -0.2) is 19.3 Å². The van der Waals surface area contributed by atoms with E-state index < -0.39 is 5.82 Å². The summed E-state index contributed by atoms with van der Waals surface area (Å²) in [7, 11) is 1.71. The summed E-state index contributed by atoms with van der Waals surface area (Å²) in [6, 6.07) is 2.17. The first-order chi connectivity index (χ1) is 13.1. The van der Waals surface area contributed by atoms with Crippen LogP contribution in [0.4, 0.5) is 10.3 Å². The highest BCUT2D eigenvalue weighted by Gasteiger charge is 2.26. The molecule has 27 heavy (non-hydrogen) atoms. The first kappa shape index (κ1) is 18.3. The van der Waals surface area contributed by atoms with Gasteiger partial charge in [0.15, 0.2) is 5.82 Å². The maximum absolute atomic E-state index is 14.4. The second-order valence-corrected chi connectivity index (χ2v) is 7.45. The van der Waals surface area contributed by atoms with E-state index in [-0.39, 0.29) is 17.7 Å². The van der Waals surface area contributed by atoms with Crippen molar-refractivity contribution in [3.05, 3.63) is 35.1 Å². The molecular weight excluding hydrogens is 415 g/mol. The lowest BCUT2D eigenvalue weighted by atomic mass is 10.1. The van der Waals surface area contributed by atoms with E-state index in [4.69, 9.17) is 10.5 Å². The van der Waals surface area contributed by atoms with E-state index in [2.05, 4.69) is 40.3 Å². The van der Waals surface area contributed by atoms with Gasteiger partial charge < -0.3 is 15.0 Å². The smallest absolute Gasteiger partial charge is 0.220 e. The van der Waals surface area contributed by atoms with Crippen molar-refractivity contribution in [1.82, 2.24) is 24.4 Å². The molecule has 0 radical (unpaired) electrons. The second-order valence-electron chi connectivity index (χ2n) is 6.63. The minimum absolute atomic E-state index is 0.0482. The van der Waals surface area contributed by atoms with Crippen molar-refractivity contribution in [3.63, 3.8) is 0 Å². The van der Waals surface area contributed by atoms with Crippen LogP contribution in [0.5, 0.6) is 0 Å². The minimum atomic E-state index is -0.496. The van der Waals surface area contributed by atoms with Gasteiger partial charge in [0, 0.05) is 49.9 Å². The van der Waals surface area contributed by atoms with Gasteiger partial charge in [0.05, 0.1) is 24.5 Å². The van der Waals surface area contributed by atoms with Crippen molar-refractivity contribution < 1.29 is 9.13 Å². The summed E-state index contributed by atoms with van der Waals surface area (Å²) in [5.74, 6) is -0.448. The lowest BCUT2D eigenvalue weighted by molar-refractivity contribution is 0.159. The Labute approximate surface area is 164 Å². The molecule has 1 atom stereocenters. The molecule has 142 valence electrons. The van der Waals surface area contributed by atoms with E-state index in [1.54, 1.807) is 7.11 Å². The molecule has 1 saturated heterocycles. The van der Waals surface area contributed by atoms with Crippen LogP contribution in [0, 0.1) is 5.82 Å². The number of hydrogen-bond donors (Lipinski definition) is 1. The minimum Gasteiger partial charge on any atom is -0.383 e. The Morgan fingerprint density at radius 3 is 3.04 bits per heavy atom. The molecule has 0 spiro atoms. The summed E-state index contributed by atoms with van der Waals surface area (Å²) in [4.78, 5) is 14.6. The molecule has 0 aromatic carbocycles. The molecule has 9 heteroatoms. The van der Waals surface area contributed by atoms with Crippen LogP contribution in [-0.4, -0.2) is 57.8 Å². The van der Waals surface area contributed by atoms with Gasteiger partial charge >= 0.3 is 0 Å². The number of halogens is 2. The molecule has 4 heterocycles. The van der Waals surface area contributed by atoms with E-state index in [1.165, 1.54) is 0 Å². The molecule has 3 aromatic rings. The molecule has 1 aliphatic rings. The monoisotopic (exact) mass is 434 g/mol. The zero-order chi connectivity index (χ0) is 19.0. The normalized spacial score (nSPS) is 17.8. The highest BCUT2D eigenvalue weighted by atomic mass is 79.9. The van der Waals surface area contributed by atoms with Gasteiger partial charge in [-0.3, -0.25) is 4.90 Å². The molecule has 1 unspecified atom stereocenters. The van der Waals surface area contributed by atoms with Gasteiger partial charge in [0.2, 0.25) is 5.95 Å². The van der Waals surface area contributed by atoms with Crippen molar-refractivity contribution >= 4 is 32.8 Å². The maximum atomic E-state index is 14.4. The number of likely N-dealkylation sites (tertiary alicyclic amines) is 1. The standard InChI is InChI=1S/C18H20BrFN6O/c1-27-5-4-25-3-2-11(9-25)26-10-13(12-6-16(19)22-8-15(12)26)17-14(20)7-23-18(21)24-17/h6-8,10-11H,2-5,9H2,1H3,(H2,21,23,24). The number of aromatic nitrogens is 4. The Morgan fingerprint density at radius 1 is 1.37 bits per heavy atom. The fourth-order valence-electron chi connectivity index (χ4n) is 3.65. The van der Waals surface area contributed by atoms with Crippen molar-refractivity contribution in [2.75, 3.05) is 39.1 Å².